The first kappa shape index (κ1) is 25.3. The van der Waals surface area contributed by atoms with Crippen molar-refractivity contribution in [3.63, 3.8) is 0 Å². The zero-order valence-corrected chi connectivity index (χ0v) is 19.3. The van der Waals surface area contributed by atoms with Crippen molar-refractivity contribution in [1.29, 1.82) is 0 Å². The summed E-state index contributed by atoms with van der Waals surface area (Å²) in [6, 6.07) is 10.9. The Labute approximate surface area is 206 Å². The SMILES string of the molecule is C#CCN(Cc1ccc2ncc(N)c(Cl)c2c1)c1ccc(C(=O)N[C@@H](CCC(=O)O)C(=O)O)cc1. The number of fused-ring (bicyclic) bond motifs is 1. The van der Waals surface area contributed by atoms with Gasteiger partial charge in [0, 0.05) is 29.6 Å². The molecule has 3 rings (SSSR count). The third-order valence-corrected chi connectivity index (χ3v) is 5.72. The second-order valence-electron chi connectivity index (χ2n) is 7.78. The number of aromatic nitrogens is 1. The molecule has 0 aliphatic rings. The van der Waals surface area contributed by atoms with Crippen molar-refractivity contribution in [3.8, 4) is 12.3 Å². The highest BCUT2D eigenvalue weighted by atomic mass is 35.5. The number of benzene rings is 2. The third kappa shape index (κ3) is 6.40. The number of carboxylic acid groups (broad SMARTS) is 2. The molecule has 0 bridgehead atoms. The van der Waals surface area contributed by atoms with Gasteiger partial charge in [-0.15, -0.1) is 6.42 Å². The lowest BCUT2D eigenvalue weighted by atomic mass is 10.1. The fourth-order valence-electron chi connectivity index (χ4n) is 3.48. The molecule has 0 radical (unpaired) electrons. The predicted octanol–water partition coefficient (Wildman–Crippen LogP) is 3.16. The number of terminal acetylenes is 1. The first-order chi connectivity index (χ1) is 16.7. The van der Waals surface area contributed by atoms with Gasteiger partial charge in [-0.05, 0) is 48.4 Å². The molecule has 0 spiro atoms. The number of amides is 1. The summed E-state index contributed by atoms with van der Waals surface area (Å²) in [5.74, 6) is -0.444. The summed E-state index contributed by atoms with van der Waals surface area (Å²) in [6.45, 7) is 0.746. The van der Waals surface area contributed by atoms with Gasteiger partial charge in [0.1, 0.15) is 6.04 Å². The van der Waals surface area contributed by atoms with Crippen molar-refractivity contribution in [2.24, 2.45) is 0 Å². The quantitative estimate of drug-likeness (QED) is 0.314. The molecule has 1 amide bonds. The Morgan fingerprint density at radius 1 is 1.17 bits per heavy atom. The van der Waals surface area contributed by atoms with E-state index in [-0.39, 0.29) is 18.4 Å². The van der Waals surface area contributed by atoms with Crippen molar-refractivity contribution < 1.29 is 24.6 Å². The monoisotopic (exact) mass is 494 g/mol. The Balaban J connectivity index is 1.76. The van der Waals surface area contributed by atoms with Gasteiger partial charge in [0.15, 0.2) is 0 Å². The van der Waals surface area contributed by atoms with E-state index in [2.05, 4.69) is 16.2 Å². The first-order valence-corrected chi connectivity index (χ1v) is 10.9. The predicted molar refractivity (Wildman–Crippen MR) is 133 cm³/mol. The maximum absolute atomic E-state index is 12.5. The van der Waals surface area contributed by atoms with E-state index in [9.17, 15) is 19.5 Å². The average molecular weight is 495 g/mol. The Morgan fingerprint density at radius 3 is 2.51 bits per heavy atom. The zero-order chi connectivity index (χ0) is 25.5. The van der Waals surface area contributed by atoms with Crippen molar-refractivity contribution in [2.75, 3.05) is 17.2 Å². The number of carboxylic acids is 2. The van der Waals surface area contributed by atoms with Crippen molar-refractivity contribution in [3.05, 3.63) is 64.8 Å². The van der Waals surface area contributed by atoms with Gasteiger partial charge < -0.3 is 26.2 Å². The summed E-state index contributed by atoms with van der Waals surface area (Å²) in [7, 11) is 0. The van der Waals surface area contributed by atoms with Crippen LogP contribution in [0.1, 0.15) is 28.8 Å². The van der Waals surface area contributed by atoms with Gasteiger partial charge in [-0.25, -0.2) is 4.79 Å². The highest BCUT2D eigenvalue weighted by molar-refractivity contribution is 6.37. The number of rotatable bonds is 10. The molecule has 0 fully saturated rings. The van der Waals surface area contributed by atoms with Gasteiger partial charge in [-0.2, -0.15) is 0 Å². The number of nitrogens with two attached hydrogens (primary N) is 1. The molecule has 0 aliphatic carbocycles. The largest absolute Gasteiger partial charge is 0.481 e. The minimum Gasteiger partial charge on any atom is -0.481 e. The molecule has 1 aromatic heterocycles. The lowest BCUT2D eigenvalue weighted by Gasteiger charge is -2.23. The second-order valence-corrected chi connectivity index (χ2v) is 8.16. The molecular weight excluding hydrogens is 472 g/mol. The molecule has 0 saturated heterocycles. The summed E-state index contributed by atoms with van der Waals surface area (Å²) in [5.41, 5.74) is 8.88. The van der Waals surface area contributed by atoms with Crippen LogP contribution in [0.25, 0.3) is 10.9 Å². The molecule has 35 heavy (non-hydrogen) atoms. The molecule has 1 heterocycles. The molecule has 5 N–H and O–H groups in total. The van der Waals surface area contributed by atoms with Crippen LogP contribution >= 0.6 is 11.6 Å². The van der Waals surface area contributed by atoms with Gasteiger partial charge in [0.05, 0.1) is 29.0 Å². The highest BCUT2D eigenvalue weighted by Gasteiger charge is 2.21. The first-order valence-electron chi connectivity index (χ1n) is 10.6. The van der Waals surface area contributed by atoms with E-state index in [1.807, 2.05) is 23.1 Å². The van der Waals surface area contributed by atoms with Crippen LogP contribution in [-0.4, -0.2) is 45.6 Å². The number of aliphatic carboxylic acids is 2. The topological polar surface area (TPSA) is 146 Å². The summed E-state index contributed by atoms with van der Waals surface area (Å²) in [6.07, 6.45) is 6.48. The number of nitrogens with one attached hydrogen (secondary N) is 1. The molecule has 10 heteroatoms. The summed E-state index contributed by atoms with van der Waals surface area (Å²) in [5, 5.41) is 21.5. The van der Waals surface area contributed by atoms with Crippen molar-refractivity contribution in [1.82, 2.24) is 10.3 Å². The molecule has 9 nitrogen and oxygen atoms in total. The Morgan fingerprint density at radius 2 is 1.89 bits per heavy atom. The Kier molecular flexibility index (Phi) is 8.12. The summed E-state index contributed by atoms with van der Waals surface area (Å²) in [4.78, 5) is 40.7. The van der Waals surface area contributed by atoms with E-state index >= 15 is 0 Å². The lowest BCUT2D eigenvalue weighted by Crippen LogP contribution is -2.41. The lowest BCUT2D eigenvalue weighted by molar-refractivity contribution is -0.140. The van der Waals surface area contributed by atoms with Gasteiger partial charge in [0.2, 0.25) is 0 Å². The fraction of sp³-hybridized carbons (Fsp3) is 0.200. The van der Waals surface area contributed by atoms with E-state index in [4.69, 9.17) is 28.9 Å². The number of nitrogen functional groups attached to an aromatic ring is 1. The minimum atomic E-state index is -1.31. The molecule has 0 unspecified atom stereocenters. The van der Waals surface area contributed by atoms with Crippen LogP contribution in [0.15, 0.2) is 48.7 Å². The second kappa shape index (κ2) is 11.2. The Bertz CT molecular complexity index is 1300. The van der Waals surface area contributed by atoms with Gasteiger partial charge in [-0.1, -0.05) is 23.6 Å². The van der Waals surface area contributed by atoms with E-state index in [1.54, 1.807) is 24.3 Å². The number of nitrogens with zero attached hydrogens (tertiary/aromatic N) is 2. The summed E-state index contributed by atoms with van der Waals surface area (Å²) < 4.78 is 0. The smallest absolute Gasteiger partial charge is 0.326 e. The van der Waals surface area contributed by atoms with Gasteiger partial charge in [0.25, 0.3) is 5.91 Å². The fourth-order valence-corrected chi connectivity index (χ4v) is 3.68. The average Bonchev–Trinajstić information content (AvgIpc) is 2.83. The molecule has 2 aromatic carbocycles. The molecule has 0 aliphatic heterocycles. The van der Waals surface area contributed by atoms with E-state index in [0.717, 1.165) is 22.2 Å². The number of pyridine rings is 1. The van der Waals surface area contributed by atoms with Crippen LogP contribution in [0.4, 0.5) is 11.4 Å². The maximum atomic E-state index is 12.5. The third-order valence-electron chi connectivity index (χ3n) is 5.29. The number of hydrogen-bond acceptors (Lipinski definition) is 6. The normalized spacial score (nSPS) is 11.4. The van der Waals surface area contributed by atoms with Crippen molar-refractivity contribution >= 4 is 51.7 Å². The summed E-state index contributed by atoms with van der Waals surface area (Å²) >= 11 is 6.34. The van der Waals surface area contributed by atoms with Crippen LogP contribution in [0.5, 0.6) is 0 Å². The van der Waals surface area contributed by atoms with Crippen LogP contribution in [-0.2, 0) is 16.1 Å². The van der Waals surface area contributed by atoms with Crippen LogP contribution in [0, 0.1) is 12.3 Å². The maximum Gasteiger partial charge on any atom is 0.326 e. The zero-order valence-electron chi connectivity index (χ0n) is 18.6. The molecule has 0 saturated carbocycles. The van der Waals surface area contributed by atoms with Crippen LogP contribution in [0.2, 0.25) is 5.02 Å². The molecular formula is C25H23ClN4O5. The van der Waals surface area contributed by atoms with E-state index in [1.165, 1.54) is 6.20 Å². The molecule has 180 valence electrons. The number of carbonyl (C=O) groups is 3. The van der Waals surface area contributed by atoms with Crippen LogP contribution in [0.3, 0.4) is 0 Å². The number of hydrogen-bond donors (Lipinski definition) is 4. The number of halogens is 1. The number of anilines is 2. The highest BCUT2D eigenvalue weighted by Crippen LogP contribution is 2.29. The van der Waals surface area contributed by atoms with E-state index < -0.39 is 23.9 Å². The van der Waals surface area contributed by atoms with Crippen LogP contribution < -0.4 is 16.0 Å². The number of carbonyl (C=O) groups excluding carboxylic acids is 1. The molecule has 1 atom stereocenters. The Hall–Kier alpha value is -4.29. The van der Waals surface area contributed by atoms with E-state index in [0.29, 0.717) is 23.8 Å². The molecule has 3 aromatic rings. The minimum absolute atomic E-state index is 0.221. The van der Waals surface area contributed by atoms with Gasteiger partial charge in [-0.3, -0.25) is 14.6 Å². The standard InChI is InChI=1S/C25H23ClN4O5/c1-2-11-30(14-15-3-8-20-18(12-15)23(26)19(27)13-28-20)17-6-4-16(5-7-17)24(33)29-21(25(34)35)9-10-22(31)32/h1,3-8,12-13,21H,9-11,14,27H2,(H,29,33)(H,31,32)(H,34,35)/t21-/m0/s1. The van der Waals surface area contributed by atoms with Gasteiger partial charge >= 0.3 is 11.9 Å². The van der Waals surface area contributed by atoms with Crippen molar-refractivity contribution in [2.45, 2.75) is 25.4 Å².